The van der Waals surface area contributed by atoms with Crippen LogP contribution < -0.4 is 15.5 Å². The Morgan fingerprint density at radius 1 is 1.23 bits per heavy atom. The van der Waals surface area contributed by atoms with Gasteiger partial charge in [-0.25, -0.2) is 8.78 Å². The first-order chi connectivity index (χ1) is 16.5. The van der Waals surface area contributed by atoms with Crippen LogP contribution >= 0.6 is 0 Å². The van der Waals surface area contributed by atoms with E-state index in [-0.39, 0.29) is 30.3 Å². The van der Waals surface area contributed by atoms with Gasteiger partial charge in [0, 0.05) is 37.8 Å². The summed E-state index contributed by atoms with van der Waals surface area (Å²) in [6.07, 6.45) is -0.159. The van der Waals surface area contributed by atoms with Gasteiger partial charge in [-0.2, -0.15) is 5.26 Å². The van der Waals surface area contributed by atoms with Crippen molar-refractivity contribution >= 4 is 11.6 Å². The Labute approximate surface area is 205 Å². The number of hydrogen-bond donors (Lipinski definition) is 3. The van der Waals surface area contributed by atoms with E-state index in [1.807, 2.05) is 0 Å². The molecule has 0 aliphatic carbocycles. The minimum absolute atomic E-state index is 0.0483. The van der Waals surface area contributed by atoms with Crippen LogP contribution in [0.3, 0.4) is 0 Å². The average molecular weight is 485 g/mol. The molecule has 0 radical (unpaired) electrons. The number of nitriles is 1. The van der Waals surface area contributed by atoms with Crippen molar-refractivity contribution in [1.29, 1.82) is 5.26 Å². The van der Waals surface area contributed by atoms with E-state index in [4.69, 9.17) is 0 Å². The summed E-state index contributed by atoms with van der Waals surface area (Å²) in [5, 5.41) is 26.3. The SMILES string of the molecule is CC(=O)NC(Cc1cc(F)cc(F)c1)C(O)CNC1CCN(CC#N)c2ccc(C(C)(C)C)cc21. The lowest BCUT2D eigenvalue weighted by Gasteiger charge is -2.37. The van der Waals surface area contributed by atoms with Crippen LogP contribution in [0.5, 0.6) is 0 Å². The molecule has 6 nitrogen and oxygen atoms in total. The smallest absolute Gasteiger partial charge is 0.217 e. The molecule has 1 aliphatic rings. The number of benzene rings is 2. The van der Waals surface area contributed by atoms with Crippen molar-refractivity contribution in [3.05, 3.63) is 64.7 Å². The second-order valence-electron chi connectivity index (χ2n) is 10.2. The summed E-state index contributed by atoms with van der Waals surface area (Å²) in [6, 6.07) is 10.9. The van der Waals surface area contributed by atoms with Crippen LogP contribution in [-0.2, 0) is 16.6 Å². The highest BCUT2D eigenvalue weighted by Gasteiger charge is 2.29. The summed E-state index contributed by atoms with van der Waals surface area (Å²) in [4.78, 5) is 13.8. The Balaban J connectivity index is 1.79. The molecule has 0 saturated heterocycles. The summed E-state index contributed by atoms with van der Waals surface area (Å²) >= 11 is 0. The van der Waals surface area contributed by atoms with Crippen LogP contribution in [0.4, 0.5) is 14.5 Å². The van der Waals surface area contributed by atoms with Gasteiger partial charge >= 0.3 is 0 Å². The highest BCUT2D eigenvalue weighted by molar-refractivity contribution is 5.73. The molecule has 0 fully saturated rings. The zero-order valence-electron chi connectivity index (χ0n) is 20.7. The van der Waals surface area contributed by atoms with Gasteiger partial charge in [-0.05, 0) is 53.1 Å². The predicted molar refractivity (Wildman–Crippen MR) is 132 cm³/mol. The summed E-state index contributed by atoms with van der Waals surface area (Å²) < 4.78 is 27.3. The summed E-state index contributed by atoms with van der Waals surface area (Å²) in [5.74, 6) is -1.75. The molecule has 35 heavy (non-hydrogen) atoms. The fourth-order valence-electron chi connectivity index (χ4n) is 4.54. The van der Waals surface area contributed by atoms with Crippen LogP contribution in [0.2, 0.25) is 0 Å². The number of nitrogens with one attached hydrogen (secondary N) is 2. The lowest BCUT2D eigenvalue weighted by molar-refractivity contribution is -0.120. The molecule has 3 N–H and O–H groups in total. The molecular formula is C27H34F2N4O2. The van der Waals surface area contributed by atoms with Crippen molar-refractivity contribution < 1.29 is 18.7 Å². The Kier molecular flexibility index (Phi) is 8.47. The van der Waals surface area contributed by atoms with Gasteiger partial charge in [-0.3, -0.25) is 4.79 Å². The second-order valence-corrected chi connectivity index (χ2v) is 10.2. The van der Waals surface area contributed by atoms with Crippen LogP contribution in [-0.4, -0.2) is 42.8 Å². The molecule has 1 heterocycles. The topological polar surface area (TPSA) is 88.4 Å². The number of fused-ring (bicyclic) bond motifs is 1. The number of amides is 1. The Morgan fingerprint density at radius 2 is 1.91 bits per heavy atom. The van der Waals surface area contributed by atoms with Crippen LogP contribution in [0.1, 0.15) is 56.8 Å². The number of carbonyl (C=O) groups is 1. The third kappa shape index (κ3) is 7.00. The first-order valence-corrected chi connectivity index (χ1v) is 11.9. The van der Waals surface area contributed by atoms with E-state index in [1.54, 1.807) is 0 Å². The maximum Gasteiger partial charge on any atom is 0.217 e. The van der Waals surface area contributed by atoms with Gasteiger partial charge < -0.3 is 20.6 Å². The number of rotatable bonds is 8. The standard InChI is InChI=1S/C27H34F2N4O2/c1-17(34)32-24(13-18-11-20(28)15-21(29)12-18)26(35)16-31-23-7-9-33(10-8-30)25-6-5-19(14-22(23)25)27(2,3)4/h5-6,11-12,14-15,23-24,26,31,35H,7,9-10,13,16H2,1-4H3,(H,32,34). The fourth-order valence-corrected chi connectivity index (χ4v) is 4.54. The van der Waals surface area contributed by atoms with Gasteiger partial charge in [0.25, 0.3) is 0 Å². The van der Waals surface area contributed by atoms with E-state index >= 15 is 0 Å². The number of nitrogens with zero attached hydrogens (tertiary/aromatic N) is 2. The lowest BCUT2D eigenvalue weighted by atomic mass is 9.83. The molecule has 0 aromatic heterocycles. The van der Waals surface area contributed by atoms with E-state index in [2.05, 4.69) is 60.6 Å². The first-order valence-electron chi connectivity index (χ1n) is 11.9. The van der Waals surface area contributed by atoms with Gasteiger partial charge in [0.2, 0.25) is 5.91 Å². The molecule has 0 bridgehead atoms. The predicted octanol–water partition coefficient (Wildman–Crippen LogP) is 3.73. The normalized spacial score (nSPS) is 17.3. The second kappa shape index (κ2) is 11.1. The number of aliphatic hydroxyl groups excluding tert-OH is 1. The number of hydrogen-bond acceptors (Lipinski definition) is 5. The zero-order chi connectivity index (χ0) is 25.8. The molecule has 188 valence electrons. The highest BCUT2D eigenvalue weighted by Crippen LogP contribution is 2.37. The van der Waals surface area contributed by atoms with Crippen molar-refractivity contribution in [3.8, 4) is 6.07 Å². The maximum absolute atomic E-state index is 13.7. The van der Waals surface area contributed by atoms with Crippen molar-refractivity contribution in [2.24, 2.45) is 0 Å². The highest BCUT2D eigenvalue weighted by atomic mass is 19.1. The molecule has 1 aliphatic heterocycles. The molecule has 0 saturated carbocycles. The number of carbonyl (C=O) groups excluding carboxylic acids is 1. The monoisotopic (exact) mass is 484 g/mol. The van der Waals surface area contributed by atoms with E-state index in [0.717, 1.165) is 23.7 Å². The van der Waals surface area contributed by atoms with Gasteiger partial charge in [-0.15, -0.1) is 0 Å². The summed E-state index contributed by atoms with van der Waals surface area (Å²) in [7, 11) is 0. The van der Waals surface area contributed by atoms with Crippen molar-refractivity contribution in [2.45, 2.75) is 64.1 Å². The average Bonchev–Trinajstić information content (AvgIpc) is 2.76. The molecule has 1 amide bonds. The van der Waals surface area contributed by atoms with E-state index in [1.165, 1.54) is 24.6 Å². The van der Waals surface area contributed by atoms with Gasteiger partial charge in [0.15, 0.2) is 0 Å². The number of aliphatic hydroxyl groups is 1. The maximum atomic E-state index is 13.7. The quantitative estimate of drug-likeness (QED) is 0.497. The van der Waals surface area contributed by atoms with Crippen LogP contribution in [0, 0.1) is 23.0 Å². The van der Waals surface area contributed by atoms with E-state index < -0.39 is 23.8 Å². The Bertz CT molecular complexity index is 1070. The molecule has 0 spiro atoms. The minimum atomic E-state index is -0.989. The lowest BCUT2D eigenvalue weighted by Crippen LogP contribution is -2.49. The molecule has 2 aromatic carbocycles. The minimum Gasteiger partial charge on any atom is -0.390 e. The number of halogens is 2. The third-order valence-electron chi connectivity index (χ3n) is 6.36. The van der Waals surface area contributed by atoms with Crippen molar-refractivity contribution in [3.63, 3.8) is 0 Å². The van der Waals surface area contributed by atoms with Gasteiger partial charge in [0.05, 0.1) is 18.2 Å². The molecule has 3 unspecified atom stereocenters. The largest absolute Gasteiger partial charge is 0.390 e. The third-order valence-corrected chi connectivity index (χ3v) is 6.36. The van der Waals surface area contributed by atoms with Crippen molar-refractivity contribution in [1.82, 2.24) is 10.6 Å². The first kappa shape index (κ1) is 26.6. The van der Waals surface area contributed by atoms with Gasteiger partial charge in [-0.1, -0.05) is 32.9 Å². The molecular weight excluding hydrogens is 450 g/mol. The van der Waals surface area contributed by atoms with Crippen molar-refractivity contribution in [2.75, 3.05) is 24.5 Å². The van der Waals surface area contributed by atoms with Crippen LogP contribution in [0.25, 0.3) is 0 Å². The Hall–Kier alpha value is -3.02. The molecule has 8 heteroatoms. The molecule has 3 rings (SSSR count). The molecule has 2 aromatic rings. The number of anilines is 1. The fraction of sp³-hybridized carbons (Fsp3) is 0.481. The van der Waals surface area contributed by atoms with Gasteiger partial charge in [0.1, 0.15) is 18.2 Å². The Morgan fingerprint density at radius 3 is 2.51 bits per heavy atom. The molecule has 3 atom stereocenters. The summed E-state index contributed by atoms with van der Waals surface area (Å²) in [6.45, 7) is 8.93. The van der Waals surface area contributed by atoms with Crippen LogP contribution in [0.15, 0.2) is 36.4 Å². The van der Waals surface area contributed by atoms with E-state index in [9.17, 15) is 23.9 Å². The van der Waals surface area contributed by atoms with E-state index in [0.29, 0.717) is 18.7 Å². The summed E-state index contributed by atoms with van der Waals surface area (Å²) in [5.41, 5.74) is 3.53. The zero-order valence-corrected chi connectivity index (χ0v) is 20.7.